The second kappa shape index (κ2) is 8.15. The minimum absolute atomic E-state index is 0.155. The van der Waals surface area contributed by atoms with Crippen molar-refractivity contribution < 1.29 is 19.4 Å². The Bertz CT molecular complexity index is 692. The number of nitrogens with one attached hydrogen (secondary N) is 1. The minimum atomic E-state index is -0.953. The molecule has 2 aromatic rings. The molecular formula is C19H21NO4. The lowest BCUT2D eigenvalue weighted by molar-refractivity contribution is -0.137. The van der Waals surface area contributed by atoms with E-state index in [1.54, 1.807) is 19.2 Å². The van der Waals surface area contributed by atoms with Crippen LogP contribution in [0.3, 0.4) is 0 Å². The number of benzene rings is 2. The molecule has 0 aliphatic carbocycles. The van der Waals surface area contributed by atoms with Crippen LogP contribution in [0.2, 0.25) is 0 Å². The van der Waals surface area contributed by atoms with E-state index in [1.165, 1.54) is 0 Å². The van der Waals surface area contributed by atoms with Gasteiger partial charge in [-0.3, -0.25) is 9.59 Å². The fourth-order valence-electron chi connectivity index (χ4n) is 2.40. The fourth-order valence-corrected chi connectivity index (χ4v) is 2.40. The van der Waals surface area contributed by atoms with Crippen molar-refractivity contribution in [3.8, 4) is 5.75 Å². The van der Waals surface area contributed by atoms with E-state index < -0.39 is 12.0 Å². The molecule has 5 heteroatoms. The first-order chi connectivity index (χ1) is 11.5. The molecule has 0 spiro atoms. The summed E-state index contributed by atoms with van der Waals surface area (Å²) in [5.41, 5.74) is 2.70. The van der Waals surface area contributed by atoms with Gasteiger partial charge < -0.3 is 15.2 Å². The maximum atomic E-state index is 12.3. The molecule has 0 unspecified atom stereocenters. The molecule has 0 bridgehead atoms. The zero-order valence-electron chi connectivity index (χ0n) is 13.8. The predicted molar refractivity (Wildman–Crippen MR) is 91.0 cm³/mol. The molecule has 126 valence electrons. The van der Waals surface area contributed by atoms with Gasteiger partial charge in [0, 0.05) is 0 Å². The number of rotatable bonds is 7. The smallest absolute Gasteiger partial charge is 0.305 e. The highest BCUT2D eigenvalue weighted by Crippen LogP contribution is 2.18. The molecule has 0 fully saturated rings. The Balaban J connectivity index is 2.05. The van der Waals surface area contributed by atoms with Gasteiger partial charge in [-0.15, -0.1) is 0 Å². The molecule has 0 saturated heterocycles. The van der Waals surface area contributed by atoms with E-state index >= 15 is 0 Å². The van der Waals surface area contributed by atoms with E-state index in [4.69, 9.17) is 9.84 Å². The quantitative estimate of drug-likeness (QED) is 0.820. The average molecular weight is 327 g/mol. The van der Waals surface area contributed by atoms with Gasteiger partial charge in [-0.1, -0.05) is 42.0 Å². The SMILES string of the molecule is COc1ccc(CC(=O)N[C@@H](CC(=O)O)c2ccc(C)cc2)cc1. The Kier molecular flexibility index (Phi) is 5.95. The van der Waals surface area contributed by atoms with Gasteiger partial charge >= 0.3 is 5.97 Å². The molecule has 2 aromatic carbocycles. The van der Waals surface area contributed by atoms with Crippen LogP contribution in [0.4, 0.5) is 0 Å². The van der Waals surface area contributed by atoms with Gasteiger partial charge in [-0.25, -0.2) is 0 Å². The molecular weight excluding hydrogens is 306 g/mol. The summed E-state index contributed by atoms with van der Waals surface area (Å²) in [6.45, 7) is 1.96. The van der Waals surface area contributed by atoms with Gasteiger partial charge in [0.1, 0.15) is 5.75 Å². The zero-order chi connectivity index (χ0) is 17.5. The number of hydrogen-bond donors (Lipinski definition) is 2. The molecule has 1 amide bonds. The third kappa shape index (κ3) is 5.12. The lowest BCUT2D eigenvalue weighted by atomic mass is 10.0. The number of carbonyl (C=O) groups excluding carboxylic acids is 1. The lowest BCUT2D eigenvalue weighted by Crippen LogP contribution is -2.31. The minimum Gasteiger partial charge on any atom is -0.497 e. The second-order valence-corrected chi connectivity index (χ2v) is 5.65. The van der Waals surface area contributed by atoms with Crippen LogP contribution in [-0.2, 0) is 16.0 Å². The Morgan fingerprint density at radius 1 is 1.08 bits per heavy atom. The number of aliphatic carboxylic acids is 1. The van der Waals surface area contributed by atoms with Crippen LogP contribution >= 0.6 is 0 Å². The lowest BCUT2D eigenvalue weighted by Gasteiger charge is -2.18. The van der Waals surface area contributed by atoms with Crippen LogP contribution in [0.1, 0.15) is 29.2 Å². The summed E-state index contributed by atoms with van der Waals surface area (Å²) in [5.74, 6) is -0.445. The third-order valence-corrected chi connectivity index (χ3v) is 3.72. The number of methoxy groups -OCH3 is 1. The molecule has 0 aliphatic heterocycles. The van der Waals surface area contributed by atoms with Gasteiger partial charge in [-0.05, 0) is 30.2 Å². The maximum Gasteiger partial charge on any atom is 0.305 e. The number of carboxylic acids is 1. The van der Waals surface area contributed by atoms with E-state index in [-0.39, 0.29) is 18.7 Å². The standard InChI is InChI=1S/C19H21NO4/c1-13-3-7-15(8-4-13)17(12-19(22)23)20-18(21)11-14-5-9-16(24-2)10-6-14/h3-10,17H,11-12H2,1-2H3,(H,20,21)(H,22,23)/t17-/m0/s1. The molecule has 2 N–H and O–H groups in total. The Morgan fingerprint density at radius 3 is 2.25 bits per heavy atom. The van der Waals surface area contributed by atoms with Crippen LogP contribution in [0.15, 0.2) is 48.5 Å². The molecule has 5 nitrogen and oxygen atoms in total. The second-order valence-electron chi connectivity index (χ2n) is 5.65. The van der Waals surface area contributed by atoms with Crippen molar-refractivity contribution in [3.05, 3.63) is 65.2 Å². The Hall–Kier alpha value is -2.82. The summed E-state index contributed by atoms with van der Waals surface area (Å²) in [6, 6.07) is 14.2. The highest BCUT2D eigenvalue weighted by molar-refractivity contribution is 5.80. The van der Waals surface area contributed by atoms with Crippen molar-refractivity contribution in [2.75, 3.05) is 7.11 Å². The number of carbonyl (C=O) groups is 2. The van der Waals surface area contributed by atoms with Crippen molar-refractivity contribution in [1.29, 1.82) is 0 Å². The van der Waals surface area contributed by atoms with E-state index in [0.717, 1.165) is 22.4 Å². The molecule has 0 aliphatic rings. The van der Waals surface area contributed by atoms with E-state index in [9.17, 15) is 9.59 Å². The molecule has 0 saturated carbocycles. The monoisotopic (exact) mass is 327 g/mol. The number of aryl methyl sites for hydroxylation is 1. The molecule has 2 rings (SSSR count). The van der Waals surface area contributed by atoms with Crippen molar-refractivity contribution in [2.24, 2.45) is 0 Å². The maximum absolute atomic E-state index is 12.3. The summed E-state index contributed by atoms with van der Waals surface area (Å²) < 4.78 is 5.08. The Morgan fingerprint density at radius 2 is 1.71 bits per heavy atom. The Labute approximate surface area is 141 Å². The summed E-state index contributed by atoms with van der Waals surface area (Å²) in [7, 11) is 1.58. The molecule has 0 aromatic heterocycles. The van der Waals surface area contributed by atoms with Gasteiger partial charge in [0.2, 0.25) is 5.91 Å². The number of carboxylic acid groups (broad SMARTS) is 1. The fraction of sp³-hybridized carbons (Fsp3) is 0.263. The van der Waals surface area contributed by atoms with Crippen molar-refractivity contribution in [1.82, 2.24) is 5.32 Å². The molecule has 24 heavy (non-hydrogen) atoms. The summed E-state index contributed by atoms with van der Waals surface area (Å²) in [4.78, 5) is 23.4. The third-order valence-electron chi connectivity index (χ3n) is 3.72. The van der Waals surface area contributed by atoms with Gasteiger partial charge in [0.15, 0.2) is 0 Å². The summed E-state index contributed by atoms with van der Waals surface area (Å²) in [6.07, 6.45) is 0.0311. The van der Waals surface area contributed by atoms with Gasteiger partial charge in [0.05, 0.1) is 26.0 Å². The zero-order valence-corrected chi connectivity index (χ0v) is 13.8. The molecule has 0 radical (unpaired) electrons. The first-order valence-corrected chi connectivity index (χ1v) is 7.68. The van der Waals surface area contributed by atoms with Crippen LogP contribution in [0, 0.1) is 6.92 Å². The van der Waals surface area contributed by atoms with Crippen molar-refractivity contribution in [3.63, 3.8) is 0 Å². The van der Waals surface area contributed by atoms with Crippen LogP contribution < -0.4 is 10.1 Å². The van der Waals surface area contributed by atoms with E-state index in [1.807, 2.05) is 43.3 Å². The van der Waals surface area contributed by atoms with Crippen LogP contribution in [0.25, 0.3) is 0 Å². The molecule has 1 atom stereocenters. The van der Waals surface area contributed by atoms with E-state index in [2.05, 4.69) is 5.32 Å². The highest BCUT2D eigenvalue weighted by Gasteiger charge is 2.18. The summed E-state index contributed by atoms with van der Waals surface area (Å²) in [5, 5.41) is 11.9. The highest BCUT2D eigenvalue weighted by atomic mass is 16.5. The van der Waals surface area contributed by atoms with E-state index in [0.29, 0.717) is 0 Å². The average Bonchev–Trinajstić information content (AvgIpc) is 2.55. The van der Waals surface area contributed by atoms with Crippen molar-refractivity contribution >= 4 is 11.9 Å². The topological polar surface area (TPSA) is 75.6 Å². The van der Waals surface area contributed by atoms with Crippen molar-refractivity contribution in [2.45, 2.75) is 25.8 Å². The van der Waals surface area contributed by atoms with Gasteiger partial charge in [0.25, 0.3) is 0 Å². The predicted octanol–water partition coefficient (Wildman–Crippen LogP) is 2.88. The number of ether oxygens (including phenoxy) is 1. The van der Waals surface area contributed by atoms with Crippen LogP contribution in [-0.4, -0.2) is 24.1 Å². The first kappa shape index (κ1) is 17.5. The first-order valence-electron chi connectivity index (χ1n) is 7.68. The van der Waals surface area contributed by atoms with Gasteiger partial charge in [-0.2, -0.15) is 0 Å². The van der Waals surface area contributed by atoms with Crippen LogP contribution in [0.5, 0.6) is 5.75 Å². The number of hydrogen-bond acceptors (Lipinski definition) is 3. The normalized spacial score (nSPS) is 11.6. The largest absolute Gasteiger partial charge is 0.497 e. The number of amides is 1. The molecule has 0 heterocycles. The summed E-state index contributed by atoms with van der Waals surface area (Å²) >= 11 is 0.